The highest BCUT2D eigenvalue weighted by molar-refractivity contribution is 8.00. The maximum atomic E-state index is 13.1. The third-order valence-electron chi connectivity index (χ3n) is 2.64. The lowest BCUT2D eigenvalue weighted by atomic mass is 9.96. The van der Waals surface area contributed by atoms with Crippen molar-refractivity contribution in [2.45, 2.75) is 31.8 Å². The van der Waals surface area contributed by atoms with Gasteiger partial charge >= 0.3 is 6.18 Å². The van der Waals surface area contributed by atoms with Gasteiger partial charge in [0.1, 0.15) is 6.54 Å². The molecule has 8 heteroatoms. The Hall–Kier alpha value is -1.31. The smallest absolute Gasteiger partial charge is 0.332 e. The first kappa shape index (κ1) is 19.7. The van der Waals surface area contributed by atoms with E-state index >= 15 is 0 Å². The lowest BCUT2D eigenvalue weighted by Crippen LogP contribution is -2.44. The molecule has 0 fully saturated rings. The molecular formula is C15H18F5NOS. The van der Waals surface area contributed by atoms with Crippen molar-refractivity contribution in [2.75, 3.05) is 18.8 Å². The lowest BCUT2D eigenvalue weighted by Gasteiger charge is -2.30. The molecule has 0 bridgehead atoms. The predicted molar refractivity (Wildman–Crippen MR) is 79.2 cm³/mol. The predicted octanol–water partition coefficient (Wildman–Crippen LogP) is 4.49. The number of hydrogen-bond acceptors (Lipinski definition) is 2. The van der Waals surface area contributed by atoms with Gasteiger partial charge in [-0.15, -0.1) is 11.8 Å². The largest absolute Gasteiger partial charge is 0.406 e. The number of alkyl halides is 3. The van der Waals surface area contributed by atoms with Crippen molar-refractivity contribution in [3.8, 4) is 0 Å². The molecule has 0 spiro atoms. The molecule has 0 saturated carbocycles. The van der Waals surface area contributed by atoms with Crippen molar-refractivity contribution in [2.24, 2.45) is 5.41 Å². The molecule has 1 aromatic carbocycles. The standard InChI is InChI=1S/C15H18F5NOS/c1-14(2,3)8-21(9-15(18,19)20)13(22)7-23-10-4-5-11(16)12(17)6-10/h4-6H,7-9H2,1-3H3. The number of benzene rings is 1. The van der Waals surface area contributed by atoms with Gasteiger partial charge in [-0.1, -0.05) is 20.8 Å². The molecule has 0 N–H and O–H groups in total. The topological polar surface area (TPSA) is 20.3 Å². The number of halogens is 5. The van der Waals surface area contributed by atoms with Crippen LogP contribution in [0.5, 0.6) is 0 Å². The first-order valence-corrected chi connectivity index (χ1v) is 7.78. The number of carbonyl (C=O) groups is 1. The summed E-state index contributed by atoms with van der Waals surface area (Å²) in [5.41, 5.74) is -0.492. The number of rotatable bonds is 5. The molecule has 0 saturated heterocycles. The molecule has 1 amide bonds. The second-order valence-corrected chi connectivity index (χ2v) is 7.34. The van der Waals surface area contributed by atoms with E-state index in [9.17, 15) is 26.7 Å². The normalized spacial score (nSPS) is 12.3. The van der Waals surface area contributed by atoms with Crippen LogP contribution in [-0.4, -0.2) is 35.8 Å². The van der Waals surface area contributed by atoms with Crippen LogP contribution in [0.25, 0.3) is 0 Å². The van der Waals surface area contributed by atoms with Gasteiger partial charge in [0, 0.05) is 11.4 Å². The highest BCUT2D eigenvalue weighted by Gasteiger charge is 2.34. The van der Waals surface area contributed by atoms with Crippen molar-refractivity contribution in [1.29, 1.82) is 0 Å². The summed E-state index contributed by atoms with van der Waals surface area (Å²) in [6, 6.07) is 3.09. The zero-order chi connectivity index (χ0) is 17.8. The van der Waals surface area contributed by atoms with E-state index in [2.05, 4.69) is 0 Å². The minimum Gasteiger partial charge on any atom is -0.332 e. The number of carbonyl (C=O) groups excluding carboxylic acids is 1. The van der Waals surface area contributed by atoms with Gasteiger partial charge in [0.25, 0.3) is 0 Å². The molecule has 0 aliphatic heterocycles. The van der Waals surface area contributed by atoms with Crippen LogP contribution in [0.3, 0.4) is 0 Å². The van der Waals surface area contributed by atoms with Gasteiger partial charge in [0.15, 0.2) is 11.6 Å². The molecule has 1 rings (SSSR count). The van der Waals surface area contributed by atoms with Gasteiger partial charge < -0.3 is 4.90 Å². The number of nitrogens with zero attached hydrogens (tertiary/aromatic N) is 1. The van der Waals surface area contributed by atoms with Crippen LogP contribution >= 0.6 is 11.8 Å². The minimum absolute atomic E-state index is 0.0519. The van der Waals surface area contributed by atoms with E-state index in [0.29, 0.717) is 0 Å². The van der Waals surface area contributed by atoms with Crippen LogP contribution < -0.4 is 0 Å². The van der Waals surface area contributed by atoms with E-state index in [0.717, 1.165) is 28.8 Å². The molecule has 0 radical (unpaired) electrons. The van der Waals surface area contributed by atoms with Gasteiger partial charge in [0.2, 0.25) is 5.91 Å². The Morgan fingerprint density at radius 2 is 1.70 bits per heavy atom. The van der Waals surface area contributed by atoms with Crippen LogP contribution in [0.2, 0.25) is 0 Å². The Morgan fingerprint density at radius 1 is 1.09 bits per heavy atom. The Kier molecular flexibility index (Phi) is 6.44. The van der Waals surface area contributed by atoms with Crippen molar-refractivity contribution >= 4 is 17.7 Å². The van der Waals surface area contributed by atoms with E-state index in [1.54, 1.807) is 20.8 Å². The first-order chi connectivity index (χ1) is 10.4. The average Bonchev–Trinajstić information content (AvgIpc) is 2.35. The SMILES string of the molecule is CC(C)(C)CN(CC(F)(F)F)C(=O)CSc1ccc(F)c(F)c1. The van der Waals surface area contributed by atoms with E-state index in [4.69, 9.17) is 0 Å². The monoisotopic (exact) mass is 355 g/mol. The van der Waals surface area contributed by atoms with Gasteiger partial charge in [-0.05, 0) is 23.6 Å². The summed E-state index contributed by atoms with van der Waals surface area (Å²) < 4.78 is 63.7. The maximum absolute atomic E-state index is 13.1. The summed E-state index contributed by atoms with van der Waals surface area (Å²) in [5, 5.41) is 0. The highest BCUT2D eigenvalue weighted by atomic mass is 32.2. The molecule has 23 heavy (non-hydrogen) atoms. The molecule has 0 aliphatic rings. The minimum atomic E-state index is -4.49. The Labute approximate surface area is 136 Å². The van der Waals surface area contributed by atoms with Crippen molar-refractivity contribution in [3.05, 3.63) is 29.8 Å². The van der Waals surface area contributed by atoms with Crippen molar-refractivity contribution in [1.82, 2.24) is 4.90 Å². The molecule has 0 heterocycles. The number of thioether (sulfide) groups is 1. The summed E-state index contributed by atoms with van der Waals surface area (Å²) in [6.07, 6.45) is -4.49. The maximum Gasteiger partial charge on any atom is 0.406 e. The third kappa shape index (κ3) is 7.67. The summed E-state index contributed by atoms with van der Waals surface area (Å²) in [4.78, 5) is 13.1. The number of hydrogen-bond donors (Lipinski definition) is 0. The van der Waals surface area contributed by atoms with Gasteiger partial charge in [0.05, 0.1) is 5.75 Å². The lowest BCUT2D eigenvalue weighted by molar-refractivity contribution is -0.161. The Bertz CT molecular complexity index is 538. The zero-order valence-electron chi connectivity index (χ0n) is 13.0. The fourth-order valence-electron chi connectivity index (χ4n) is 1.82. The Morgan fingerprint density at radius 3 is 2.17 bits per heavy atom. The van der Waals surface area contributed by atoms with E-state index in [-0.39, 0.29) is 17.2 Å². The fourth-order valence-corrected chi connectivity index (χ4v) is 2.65. The first-order valence-electron chi connectivity index (χ1n) is 6.80. The fraction of sp³-hybridized carbons (Fsp3) is 0.533. The van der Waals surface area contributed by atoms with Gasteiger partial charge in [-0.25, -0.2) is 8.78 Å². The summed E-state index contributed by atoms with van der Waals surface area (Å²) in [7, 11) is 0. The Balaban J connectivity index is 2.74. The molecule has 2 nitrogen and oxygen atoms in total. The second-order valence-electron chi connectivity index (χ2n) is 6.29. The quantitative estimate of drug-likeness (QED) is 0.573. The molecule has 0 aliphatic carbocycles. The van der Waals surface area contributed by atoms with Crippen LogP contribution in [0.4, 0.5) is 22.0 Å². The molecule has 130 valence electrons. The number of amides is 1. The molecule has 0 unspecified atom stereocenters. The summed E-state index contributed by atoms with van der Waals surface area (Å²) >= 11 is 0.867. The highest BCUT2D eigenvalue weighted by Crippen LogP contribution is 2.24. The summed E-state index contributed by atoms with van der Waals surface area (Å²) in [5.74, 6) is -3.07. The second kappa shape index (κ2) is 7.51. The van der Waals surface area contributed by atoms with Crippen LogP contribution in [0.15, 0.2) is 23.1 Å². The third-order valence-corrected chi connectivity index (χ3v) is 3.62. The molecule has 0 atom stereocenters. The molecular weight excluding hydrogens is 337 g/mol. The summed E-state index contributed by atoms with van der Waals surface area (Å²) in [6.45, 7) is 3.80. The van der Waals surface area contributed by atoms with Crippen LogP contribution in [-0.2, 0) is 4.79 Å². The average molecular weight is 355 g/mol. The van der Waals surface area contributed by atoms with Crippen molar-refractivity contribution < 1.29 is 26.7 Å². The molecule has 1 aromatic rings. The van der Waals surface area contributed by atoms with E-state index in [1.165, 1.54) is 6.07 Å². The van der Waals surface area contributed by atoms with Gasteiger partial charge in [-0.3, -0.25) is 4.79 Å². The van der Waals surface area contributed by atoms with Crippen LogP contribution in [0.1, 0.15) is 20.8 Å². The van der Waals surface area contributed by atoms with E-state index in [1.807, 2.05) is 0 Å². The van der Waals surface area contributed by atoms with Crippen LogP contribution in [0, 0.1) is 17.0 Å². The zero-order valence-corrected chi connectivity index (χ0v) is 13.8. The van der Waals surface area contributed by atoms with Crippen molar-refractivity contribution in [3.63, 3.8) is 0 Å². The van der Waals surface area contributed by atoms with Gasteiger partial charge in [-0.2, -0.15) is 13.2 Å². The van der Waals surface area contributed by atoms with E-state index < -0.39 is 35.7 Å². The molecule has 0 aromatic heterocycles.